The smallest absolute Gasteiger partial charge is 0.405 e. The molecule has 1 rings (SSSR count). The molecule has 1 aromatic rings. The van der Waals surface area contributed by atoms with Crippen molar-refractivity contribution in [1.82, 2.24) is 5.32 Å². The highest BCUT2D eigenvalue weighted by Crippen LogP contribution is 2.33. The predicted molar refractivity (Wildman–Crippen MR) is 75.9 cm³/mol. The highest BCUT2D eigenvalue weighted by atomic mass is 35.5. The van der Waals surface area contributed by atoms with Gasteiger partial charge in [0.1, 0.15) is 0 Å². The molecule has 1 aromatic carbocycles. The fraction of sp³-hybridized carbons (Fsp3) is 0.462. The maximum atomic E-state index is 10.9. The summed E-state index contributed by atoms with van der Waals surface area (Å²) in [6.07, 6.45) is 0.0851. The van der Waals surface area contributed by atoms with Gasteiger partial charge in [-0.1, -0.05) is 49.0 Å². The van der Waals surface area contributed by atoms with E-state index in [0.717, 1.165) is 12.8 Å². The normalized spacial score (nSPS) is 13.9. The molecule has 0 bridgehead atoms. The van der Waals surface area contributed by atoms with Crippen LogP contribution in [0.15, 0.2) is 18.2 Å². The van der Waals surface area contributed by atoms with E-state index in [9.17, 15) is 9.90 Å². The Morgan fingerprint density at radius 3 is 2.42 bits per heavy atom. The summed E-state index contributed by atoms with van der Waals surface area (Å²) >= 11 is 12.1. The molecule has 0 fully saturated rings. The number of aliphatic hydroxyl groups is 1. The minimum atomic E-state index is -1.23. The van der Waals surface area contributed by atoms with E-state index < -0.39 is 18.2 Å². The zero-order valence-electron chi connectivity index (χ0n) is 10.6. The minimum absolute atomic E-state index is 0.335. The van der Waals surface area contributed by atoms with E-state index >= 15 is 0 Å². The SMILES string of the molecule is CCCCC(O)C(NC(=O)O)c1c(Cl)cccc1Cl. The zero-order chi connectivity index (χ0) is 14.4. The van der Waals surface area contributed by atoms with Gasteiger partial charge in [-0.15, -0.1) is 0 Å². The lowest BCUT2D eigenvalue weighted by atomic mass is 9.97. The molecule has 2 atom stereocenters. The number of halogens is 2. The van der Waals surface area contributed by atoms with Crippen LogP contribution in [0.3, 0.4) is 0 Å². The Morgan fingerprint density at radius 1 is 1.37 bits per heavy atom. The molecule has 0 aliphatic carbocycles. The van der Waals surface area contributed by atoms with Gasteiger partial charge in [-0.05, 0) is 18.6 Å². The van der Waals surface area contributed by atoms with Gasteiger partial charge in [-0.25, -0.2) is 4.79 Å². The largest absolute Gasteiger partial charge is 0.465 e. The van der Waals surface area contributed by atoms with Crippen LogP contribution in [0, 0.1) is 0 Å². The number of unbranched alkanes of at least 4 members (excludes halogenated alkanes) is 1. The second-order valence-corrected chi connectivity index (χ2v) is 5.09. The number of amides is 1. The summed E-state index contributed by atoms with van der Waals surface area (Å²) in [4.78, 5) is 10.9. The number of hydrogen-bond donors (Lipinski definition) is 3. The maximum Gasteiger partial charge on any atom is 0.405 e. The lowest BCUT2D eigenvalue weighted by molar-refractivity contribution is 0.110. The molecule has 19 heavy (non-hydrogen) atoms. The van der Waals surface area contributed by atoms with Crippen LogP contribution in [0.4, 0.5) is 4.79 Å². The molecule has 6 heteroatoms. The molecule has 0 aromatic heterocycles. The molecule has 1 amide bonds. The topological polar surface area (TPSA) is 69.6 Å². The molecule has 0 aliphatic rings. The van der Waals surface area contributed by atoms with Gasteiger partial charge in [0.2, 0.25) is 0 Å². The average molecular weight is 306 g/mol. The molecular weight excluding hydrogens is 289 g/mol. The summed E-state index contributed by atoms with van der Waals surface area (Å²) in [5.74, 6) is 0. The third-order valence-corrected chi connectivity index (χ3v) is 3.49. The van der Waals surface area contributed by atoms with Gasteiger partial charge in [-0.3, -0.25) is 0 Å². The van der Waals surface area contributed by atoms with Gasteiger partial charge in [0, 0.05) is 15.6 Å². The Labute approximate surface area is 122 Å². The number of benzene rings is 1. The van der Waals surface area contributed by atoms with Crippen LogP contribution in [-0.4, -0.2) is 22.4 Å². The van der Waals surface area contributed by atoms with Crippen molar-refractivity contribution in [2.24, 2.45) is 0 Å². The minimum Gasteiger partial charge on any atom is -0.465 e. The predicted octanol–water partition coefficient (Wildman–Crippen LogP) is 3.85. The quantitative estimate of drug-likeness (QED) is 0.747. The van der Waals surface area contributed by atoms with Crippen LogP contribution < -0.4 is 5.32 Å². The van der Waals surface area contributed by atoms with E-state index in [-0.39, 0.29) is 0 Å². The van der Waals surface area contributed by atoms with Gasteiger partial charge < -0.3 is 15.5 Å². The zero-order valence-corrected chi connectivity index (χ0v) is 12.1. The molecule has 0 radical (unpaired) electrons. The monoisotopic (exact) mass is 305 g/mol. The Kier molecular flexibility index (Phi) is 6.42. The van der Waals surface area contributed by atoms with Gasteiger partial charge in [0.15, 0.2) is 0 Å². The molecule has 0 saturated carbocycles. The Hall–Kier alpha value is -0.970. The molecule has 0 aliphatic heterocycles. The first-order chi connectivity index (χ1) is 8.97. The van der Waals surface area contributed by atoms with E-state index in [4.69, 9.17) is 28.3 Å². The van der Waals surface area contributed by atoms with Gasteiger partial charge in [0.05, 0.1) is 12.1 Å². The van der Waals surface area contributed by atoms with Crippen LogP contribution in [-0.2, 0) is 0 Å². The van der Waals surface area contributed by atoms with Crippen molar-refractivity contribution >= 4 is 29.3 Å². The molecule has 106 valence electrons. The number of rotatable bonds is 6. The highest BCUT2D eigenvalue weighted by molar-refractivity contribution is 6.36. The van der Waals surface area contributed by atoms with Crippen LogP contribution in [0.2, 0.25) is 10.0 Å². The van der Waals surface area contributed by atoms with Crippen LogP contribution in [0.1, 0.15) is 37.8 Å². The Bertz CT molecular complexity index is 420. The van der Waals surface area contributed by atoms with Gasteiger partial charge in [-0.2, -0.15) is 0 Å². The molecular formula is C13H17Cl2NO3. The fourth-order valence-electron chi connectivity index (χ4n) is 1.88. The summed E-state index contributed by atoms with van der Waals surface area (Å²) in [7, 11) is 0. The average Bonchev–Trinajstić information content (AvgIpc) is 2.34. The number of nitrogens with one attached hydrogen (secondary N) is 1. The molecule has 3 N–H and O–H groups in total. The first kappa shape index (κ1) is 16.1. The van der Waals surface area contributed by atoms with E-state index in [1.165, 1.54) is 0 Å². The molecule has 0 saturated heterocycles. The molecule has 4 nitrogen and oxygen atoms in total. The number of hydrogen-bond acceptors (Lipinski definition) is 2. The Balaban J connectivity index is 3.05. The summed E-state index contributed by atoms with van der Waals surface area (Å²) < 4.78 is 0. The van der Waals surface area contributed by atoms with E-state index in [1.54, 1.807) is 18.2 Å². The lowest BCUT2D eigenvalue weighted by Gasteiger charge is -2.25. The van der Waals surface area contributed by atoms with Crippen molar-refractivity contribution in [1.29, 1.82) is 0 Å². The third-order valence-electron chi connectivity index (χ3n) is 2.83. The van der Waals surface area contributed by atoms with Gasteiger partial charge >= 0.3 is 6.09 Å². The number of aliphatic hydroxyl groups excluding tert-OH is 1. The van der Waals surface area contributed by atoms with Crippen LogP contribution in [0.25, 0.3) is 0 Å². The van der Waals surface area contributed by atoms with Gasteiger partial charge in [0.25, 0.3) is 0 Å². The van der Waals surface area contributed by atoms with E-state index in [0.29, 0.717) is 22.0 Å². The van der Waals surface area contributed by atoms with Crippen molar-refractivity contribution in [3.63, 3.8) is 0 Å². The first-order valence-electron chi connectivity index (χ1n) is 6.08. The van der Waals surface area contributed by atoms with Crippen molar-refractivity contribution in [3.05, 3.63) is 33.8 Å². The molecule has 2 unspecified atom stereocenters. The lowest BCUT2D eigenvalue weighted by Crippen LogP contribution is -2.35. The van der Waals surface area contributed by atoms with E-state index in [2.05, 4.69) is 5.32 Å². The van der Waals surface area contributed by atoms with Crippen LogP contribution in [0.5, 0.6) is 0 Å². The second kappa shape index (κ2) is 7.58. The summed E-state index contributed by atoms with van der Waals surface area (Å²) in [6.45, 7) is 1.99. The van der Waals surface area contributed by atoms with E-state index in [1.807, 2.05) is 6.92 Å². The van der Waals surface area contributed by atoms with Crippen molar-refractivity contribution in [2.75, 3.05) is 0 Å². The molecule has 0 spiro atoms. The third kappa shape index (κ3) is 4.56. The van der Waals surface area contributed by atoms with Crippen molar-refractivity contribution in [2.45, 2.75) is 38.3 Å². The summed E-state index contributed by atoms with van der Waals surface area (Å²) in [5, 5.41) is 22.0. The second-order valence-electron chi connectivity index (χ2n) is 4.27. The maximum absolute atomic E-state index is 10.9. The highest BCUT2D eigenvalue weighted by Gasteiger charge is 2.26. The standard InChI is InChI=1S/C13H17Cl2NO3/c1-2-3-7-10(17)12(16-13(18)19)11-8(14)5-4-6-9(11)15/h4-6,10,12,16-17H,2-3,7H2,1H3,(H,18,19). The number of carboxylic acid groups (broad SMARTS) is 1. The summed E-state index contributed by atoms with van der Waals surface area (Å²) in [6, 6.07) is 4.08. The van der Waals surface area contributed by atoms with Crippen LogP contribution >= 0.6 is 23.2 Å². The van der Waals surface area contributed by atoms with Crippen molar-refractivity contribution in [3.8, 4) is 0 Å². The fourth-order valence-corrected chi connectivity index (χ4v) is 2.51. The summed E-state index contributed by atoms with van der Waals surface area (Å²) in [5.41, 5.74) is 0.414. The first-order valence-corrected chi connectivity index (χ1v) is 6.84. The van der Waals surface area contributed by atoms with Crippen molar-refractivity contribution < 1.29 is 15.0 Å². The Morgan fingerprint density at radius 2 is 1.95 bits per heavy atom. The molecule has 0 heterocycles. The number of carbonyl (C=O) groups is 1.